The van der Waals surface area contributed by atoms with Crippen LogP contribution in [0.4, 0.5) is 0 Å². The summed E-state index contributed by atoms with van der Waals surface area (Å²) in [6, 6.07) is 7.94. The first-order chi connectivity index (χ1) is 10.6. The van der Waals surface area contributed by atoms with Crippen LogP contribution in [0, 0.1) is 5.92 Å². The number of para-hydroxylation sites is 1. The van der Waals surface area contributed by atoms with Crippen LogP contribution in [-0.4, -0.2) is 29.5 Å². The van der Waals surface area contributed by atoms with Gasteiger partial charge in [0, 0.05) is 41.5 Å². The molecule has 1 atom stereocenters. The zero-order valence-electron chi connectivity index (χ0n) is 12.7. The molecule has 1 aliphatic heterocycles. The molecule has 3 rings (SSSR count). The van der Waals surface area contributed by atoms with Crippen molar-refractivity contribution in [1.82, 2.24) is 4.57 Å². The maximum absolute atomic E-state index is 12.3. The van der Waals surface area contributed by atoms with Gasteiger partial charge in [0.25, 0.3) is 0 Å². The third-order valence-electron chi connectivity index (χ3n) is 4.31. The monoisotopic (exact) mass is 300 g/mol. The van der Waals surface area contributed by atoms with Crippen molar-refractivity contribution in [2.45, 2.75) is 26.3 Å². The van der Waals surface area contributed by atoms with Crippen LogP contribution in [0.15, 0.2) is 24.3 Å². The van der Waals surface area contributed by atoms with Crippen molar-refractivity contribution in [3.8, 4) is 0 Å². The maximum Gasteiger partial charge on any atom is 0.302 e. The summed E-state index contributed by atoms with van der Waals surface area (Å²) in [5.74, 6) is -0.0347. The summed E-state index contributed by atoms with van der Waals surface area (Å²) < 4.78 is 7.35. The summed E-state index contributed by atoms with van der Waals surface area (Å²) in [4.78, 5) is 23.3. The molecule has 116 valence electrons. The van der Waals surface area contributed by atoms with Crippen LogP contribution < -0.4 is 5.73 Å². The Kier molecular flexibility index (Phi) is 3.98. The van der Waals surface area contributed by atoms with Crippen LogP contribution in [0.2, 0.25) is 0 Å². The molecule has 0 amide bonds. The number of ketones is 1. The van der Waals surface area contributed by atoms with Crippen LogP contribution in [-0.2, 0) is 22.5 Å². The lowest BCUT2D eigenvalue weighted by Crippen LogP contribution is -2.25. The molecule has 1 aromatic heterocycles. The molecule has 0 saturated carbocycles. The number of aromatic nitrogens is 1. The molecule has 0 fully saturated rings. The lowest BCUT2D eigenvalue weighted by atomic mass is 9.93. The molecule has 2 heterocycles. The van der Waals surface area contributed by atoms with Crippen molar-refractivity contribution < 1.29 is 14.3 Å². The van der Waals surface area contributed by atoms with Crippen molar-refractivity contribution in [2.75, 3.05) is 13.2 Å². The largest absolute Gasteiger partial charge is 0.466 e. The summed E-state index contributed by atoms with van der Waals surface area (Å²) in [5.41, 5.74) is 8.45. The number of ether oxygens (including phenoxy) is 1. The number of nitrogens with zero attached hydrogens (tertiary/aromatic N) is 1. The summed E-state index contributed by atoms with van der Waals surface area (Å²) in [6.07, 6.45) is 1.68. The lowest BCUT2D eigenvalue weighted by molar-refractivity contribution is -0.142. The van der Waals surface area contributed by atoms with Gasteiger partial charge in [-0.15, -0.1) is 0 Å². The van der Waals surface area contributed by atoms with Gasteiger partial charge in [0.1, 0.15) is 0 Å². The van der Waals surface area contributed by atoms with Gasteiger partial charge in [-0.2, -0.15) is 0 Å². The van der Waals surface area contributed by atoms with Gasteiger partial charge in [-0.05, 0) is 18.9 Å². The second-order valence-electron chi connectivity index (χ2n) is 5.78. The number of hydrogen-bond acceptors (Lipinski definition) is 4. The summed E-state index contributed by atoms with van der Waals surface area (Å²) in [5, 5.41) is 0.973. The van der Waals surface area contributed by atoms with E-state index in [1.165, 1.54) is 6.92 Å². The van der Waals surface area contributed by atoms with Crippen molar-refractivity contribution in [1.29, 1.82) is 0 Å². The quantitative estimate of drug-likeness (QED) is 0.691. The van der Waals surface area contributed by atoms with Crippen molar-refractivity contribution in [3.63, 3.8) is 0 Å². The van der Waals surface area contributed by atoms with E-state index in [4.69, 9.17) is 10.5 Å². The molecular weight excluding hydrogens is 280 g/mol. The number of nitrogens with two attached hydrogens (primary N) is 1. The lowest BCUT2D eigenvalue weighted by Gasteiger charge is -2.25. The first-order valence-corrected chi connectivity index (χ1v) is 7.58. The van der Waals surface area contributed by atoms with Crippen LogP contribution >= 0.6 is 0 Å². The fourth-order valence-corrected chi connectivity index (χ4v) is 3.30. The normalized spacial score (nSPS) is 17.3. The SMILES string of the molecule is CC(=O)OCC1CCn2c(c(C(=O)CN)c3ccccc32)C1. The fourth-order valence-electron chi connectivity index (χ4n) is 3.30. The van der Waals surface area contributed by atoms with Gasteiger partial charge >= 0.3 is 5.97 Å². The molecule has 2 N–H and O–H groups in total. The number of hydrogen-bond donors (Lipinski definition) is 1. The topological polar surface area (TPSA) is 74.3 Å². The second-order valence-corrected chi connectivity index (χ2v) is 5.78. The van der Waals surface area contributed by atoms with Crippen molar-refractivity contribution in [3.05, 3.63) is 35.5 Å². The fraction of sp³-hybridized carbons (Fsp3) is 0.412. The van der Waals surface area contributed by atoms with Crippen LogP contribution in [0.25, 0.3) is 10.9 Å². The van der Waals surface area contributed by atoms with Gasteiger partial charge in [-0.3, -0.25) is 9.59 Å². The molecule has 0 aliphatic carbocycles. The van der Waals surface area contributed by atoms with Crippen molar-refractivity contribution in [2.24, 2.45) is 11.7 Å². The summed E-state index contributed by atoms with van der Waals surface area (Å²) in [7, 11) is 0. The molecule has 0 bridgehead atoms. The van der Waals surface area contributed by atoms with E-state index >= 15 is 0 Å². The average molecular weight is 300 g/mol. The first kappa shape index (κ1) is 14.8. The molecule has 5 heteroatoms. The molecule has 1 unspecified atom stereocenters. The van der Waals surface area contributed by atoms with E-state index in [1.54, 1.807) is 0 Å². The van der Waals surface area contributed by atoms with E-state index in [-0.39, 0.29) is 24.2 Å². The zero-order valence-corrected chi connectivity index (χ0v) is 12.7. The van der Waals surface area contributed by atoms with Crippen LogP contribution in [0.5, 0.6) is 0 Å². The highest BCUT2D eigenvalue weighted by atomic mass is 16.5. The Morgan fingerprint density at radius 1 is 1.36 bits per heavy atom. The molecule has 1 aromatic carbocycles. The molecular formula is C17H20N2O3. The van der Waals surface area contributed by atoms with E-state index in [0.717, 1.165) is 41.5 Å². The van der Waals surface area contributed by atoms with Crippen molar-refractivity contribution >= 4 is 22.7 Å². The Morgan fingerprint density at radius 3 is 2.86 bits per heavy atom. The minimum Gasteiger partial charge on any atom is -0.466 e. The van der Waals surface area contributed by atoms with Crippen LogP contribution in [0.1, 0.15) is 29.4 Å². The number of carbonyl (C=O) groups is 2. The first-order valence-electron chi connectivity index (χ1n) is 7.58. The van der Waals surface area contributed by atoms with E-state index in [2.05, 4.69) is 4.57 Å². The van der Waals surface area contributed by atoms with E-state index in [0.29, 0.717) is 6.61 Å². The van der Waals surface area contributed by atoms with Crippen LogP contribution in [0.3, 0.4) is 0 Å². The molecule has 0 radical (unpaired) electrons. The molecule has 1 aliphatic rings. The Bertz CT molecular complexity index is 733. The standard InChI is InChI=1S/C17H20N2O3/c1-11(20)22-10-12-6-7-19-14-5-3-2-4-13(14)17(15(19)8-12)16(21)9-18/h2-5,12H,6-10,18H2,1H3. The highest BCUT2D eigenvalue weighted by Crippen LogP contribution is 2.33. The minimum atomic E-state index is -0.260. The van der Waals surface area contributed by atoms with Gasteiger partial charge in [0.05, 0.1) is 13.2 Å². The Balaban J connectivity index is 2.01. The van der Waals surface area contributed by atoms with E-state index in [9.17, 15) is 9.59 Å². The van der Waals surface area contributed by atoms with Gasteiger partial charge in [0.2, 0.25) is 0 Å². The predicted octanol–water partition coefficient (Wildman–Crippen LogP) is 1.91. The molecule has 0 spiro atoms. The number of benzene rings is 1. The average Bonchev–Trinajstić information content (AvgIpc) is 2.86. The Labute approximate surface area is 129 Å². The number of aryl methyl sites for hydroxylation is 1. The van der Waals surface area contributed by atoms with Gasteiger partial charge in [-0.1, -0.05) is 18.2 Å². The number of esters is 1. The number of Topliss-reactive ketones (excluding diaryl/α,β-unsaturated/α-hetero) is 1. The third kappa shape index (κ3) is 2.52. The zero-order chi connectivity index (χ0) is 15.7. The number of rotatable bonds is 4. The minimum absolute atomic E-state index is 0.00954. The second kappa shape index (κ2) is 5.93. The Hall–Kier alpha value is -2.14. The predicted molar refractivity (Wildman–Crippen MR) is 83.8 cm³/mol. The molecule has 22 heavy (non-hydrogen) atoms. The highest BCUT2D eigenvalue weighted by molar-refractivity contribution is 6.10. The van der Waals surface area contributed by atoms with Gasteiger partial charge < -0.3 is 15.0 Å². The van der Waals surface area contributed by atoms with E-state index < -0.39 is 0 Å². The smallest absolute Gasteiger partial charge is 0.302 e. The Morgan fingerprint density at radius 2 is 2.14 bits per heavy atom. The maximum atomic E-state index is 12.3. The summed E-state index contributed by atoms with van der Waals surface area (Å²) in [6.45, 7) is 2.67. The number of carbonyl (C=O) groups excluding carboxylic acids is 2. The summed E-state index contributed by atoms with van der Waals surface area (Å²) >= 11 is 0. The molecule has 5 nitrogen and oxygen atoms in total. The number of fused-ring (bicyclic) bond motifs is 3. The van der Waals surface area contributed by atoms with Gasteiger partial charge in [-0.25, -0.2) is 0 Å². The van der Waals surface area contributed by atoms with Gasteiger partial charge in [0.15, 0.2) is 5.78 Å². The molecule has 0 saturated heterocycles. The highest BCUT2D eigenvalue weighted by Gasteiger charge is 2.27. The third-order valence-corrected chi connectivity index (χ3v) is 4.31. The van der Waals surface area contributed by atoms with E-state index in [1.807, 2.05) is 24.3 Å². The molecule has 2 aromatic rings.